The number of halogens is 1. The van der Waals surface area contributed by atoms with Crippen molar-refractivity contribution >= 4 is 69.0 Å². The molecule has 4 aromatic heterocycles. The van der Waals surface area contributed by atoms with E-state index in [1.165, 1.54) is 27.9 Å². The second kappa shape index (κ2) is 25.9. The van der Waals surface area contributed by atoms with Gasteiger partial charge in [0.05, 0.1) is 78.7 Å². The molecule has 23 heteroatoms. The van der Waals surface area contributed by atoms with Crippen molar-refractivity contribution in [3.8, 4) is 21.9 Å². The van der Waals surface area contributed by atoms with E-state index in [1.54, 1.807) is 37.8 Å². The molecule has 2 aliphatic heterocycles. The number of benzene rings is 2. The summed E-state index contributed by atoms with van der Waals surface area (Å²) in [6.07, 6.45) is 2.46. The number of carbonyl (C=O) groups is 3. The molecule has 2 aliphatic rings. The summed E-state index contributed by atoms with van der Waals surface area (Å²) in [5, 5.41) is 24.4. The minimum Gasteiger partial charge on any atom is -0.491 e. The summed E-state index contributed by atoms with van der Waals surface area (Å²) in [6, 6.07) is 13.8. The minimum atomic E-state index is -0.860. The molecule has 0 aliphatic carbocycles. The molecule has 0 saturated carbocycles. The first kappa shape index (κ1) is 55.5. The molecule has 406 valence electrons. The van der Waals surface area contributed by atoms with Gasteiger partial charge in [-0.05, 0) is 68.5 Å². The van der Waals surface area contributed by atoms with Crippen molar-refractivity contribution < 1.29 is 47.7 Å². The summed E-state index contributed by atoms with van der Waals surface area (Å²) in [6.45, 7) is 11.0. The first-order valence-corrected chi connectivity index (χ1v) is 26.6. The number of nitrogens with zero attached hydrogens (tertiary/aromatic N) is 7. The zero-order chi connectivity index (χ0) is 53.9. The van der Waals surface area contributed by atoms with Crippen molar-refractivity contribution in [1.29, 1.82) is 0 Å². The summed E-state index contributed by atoms with van der Waals surface area (Å²) in [7, 11) is 3.14. The molecule has 4 N–H and O–H groups in total. The SMILES string of the molecule is CNC(=O)COc1cc2cc(Nc3nc(N4CCC(OCCOCCOCCOc5cc(-c6scnc6C)ccc5CNC(=O)[C@@H]5C[C@@H](O)CN5C(=O)[C@H](c5cc(C)no5)C(C)C)CC4)ncc3Cl)ccc2n(C)c1=O. The average molecular weight is 1090 g/mol. The molecule has 8 rings (SSSR count). The van der Waals surface area contributed by atoms with Crippen LogP contribution >= 0.6 is 22.9 Å². The lowest BCUT2D eigenvalue weighted by molar-refractivity contribution is -0.141. The van der Waals surface area contributed by atoms with E-state index in [1.807, 2.05) is 57.2 Å². The highest BCUT2D eigenvalue weighted by Crippen LogP contribution is 2.34. The van der Waals surface area contributed by atoms with Crippen LogP contribution in [0.25, 0.3) is 21.3 Å². The van der Waals surface area contributed by atoms with Gasteiger partial charge in [0.15, 0.2) is 18.2 Å². The summed E-state index contributed by atoms with van der Waals surface area (Å²) >= 11 is 8.08. The Kier molecular flexibility index (Phi) is 18.9. The van der Waals surface area contributed by atoms with E-state index >= 15 is 0 Å². The lowest BCUT2D eigenvalue weighted by Crippen LogP contribution is -2.48. The van der Waals surface area contributed by atoms with E-state index in [2.05, 4.69) is 36.0 Å². The number of aliphatic hydroxyl groups excluding tert-OH is 1. The second-order valence-corrected chi connectivity index (χ2v) is 20.3. The van der Waals surface area contributed by atoms with Crippen LogP contribution in [0.15, 0.2) is 69.6 Å². The molecule has 2 aromatic carbocycles. The molecule has 21 nitrogen and oxygen atoms in total. The monoisotopic (exact) mass is 1080 g/mol. The van der Waals surface area contributed by atoms with Gasteiger partial charge in [-0.2, -0.15) is 4.98 Å². The van der Waals surface area contributed by atoms with Gasteiger partial charge in [-0.25, -0.2) is 9.97 Å². The molecule has 0 bridgehead atoms. The Morgan fingerprint density at radius 2 is 1.71 bits per heavy atom. The number of hydrogen-bond donors (Lipinski definition) is 4. The van der Waals surface area contributed by atoms with Gasteiger partial charge in [-0.15, -0.1) is 11.3 Å². The third-order valence-corrected chi connectivity index (χ3v) is 14.5. The van der Waals surface area contributed by atoms with Gasteiger partial charge in [-0.1, -0.05) is 42.7 Å². The number of hydrogen-bond acceptors (Lipinski definition) is 18. The molecule has 6 heterocycles. The van der Waals surface area contributed by atoms with Crippen LogP contribution < -0.4 is 35.9 Å². The molecule has 0 unspecified atom stereocenters. The number of thiazole rings is 1. The van der Waals surface area contributed by atoms with Crippen LogP contribution in [0.5, 0.6) is 11.5 Å². The lowest BCUT2D eigenvalue weighted by Gasteiger charge is -2.32. The fraction of sp³-hybridized carbons (Fsp3) is 0.472. The van der Waals surface area contributed by atoms with E-state index in [-0.39, 0.29) is 73.8 Å². The molecular formula is C53H65ClN10O11S. The van der Waals surface area contributed by atoms with Gasteiger partial charge < -0.3 is 63.6 Å². The maximum atomic E-state index is 13.9. The summed E-state index contributed by atoms with van der Waals surface area (Å²) in [5.74, 6) is 0.253. The Morgan fingerprint density at radius 1 is 0.947 bits per heavy atom. The van der Waals surface area contributed by atoms with Crippen molar-refractivity contribution in [2.75, 3.05) is 83.1 Å². The Labute approximate surface area is 449 Å². The third-order valence-electron chi connectivity index (χ3n) is 13.3. The molecule has 3 amide bonds. The summed E-state index contributed by atoms with van der Waals surface area (Å²) in [4.78, 5) is 70.4. The Hall–Kier alpha value is -6.69. The number of aromatic nitrogens is 5. The lowest BCUT2D eigenvalue weighted by atomic mass is 9.91. The van der Waals surface area contributed by atoms with Crippen LogP contribution in [0.1, 0.15) is 61.7 Å². The number of carbonyl (C=O) groups excluding carboxylic acids is 3. The van der Waals surface area contributed by atoms with Gasteiger partial charge in [0.1, 0.15) is 35.1 Å². The Balaban J connectivity index is 0.751. The first-order chi connectivity index (χ1) is 36.7. The van der Waals surface area contributed by atoms with E-state index in [9.17, 15) is 24.3 Å². The summed E-state index contributed by atoms with van der Waals surface area (Å²) in [5.41, 5.74) is 6.04. The fourth-order valence-electron chi connectivity index (χ4n) is 9.22. The standard InChI is InChI=1S/C53H65ClN10O11S/c1-31(2)47(44-21-32(3)61-75-44)52(69)64-28-38(65)25-42(64)50(67)56-26-35-8-7-34(48-33(4)58-30-76-48)23-43(35)73-20-18-71-16-15-70-17-19-72-39-11-13-63(14-12-39)53-57-27-40(54)49(60-53)59-37-9-10-41-36(22-37)24-45(51(68)62(41)6)74-29-46(66)55-5/h7-10,21-24,27,30-31,38-39,42,47,65H,11-20,25-26,28-29H2,1-6H3,(H,55,66)(H,56,67)(H,57,59,60)/t38-,42+,47+/m1/s1. The van der Waals surface area contributed by atoms with Gasteiger partial charge >= 0.3 is 0 Å². The van der Waals surface area contributed by atoms with Crippen LogP contribution in [0.3, 0.4) is 0 Å². The van der Waals surface area contributed by atoms with E-state index < -0.39 is 18.1 Å². The summed E-state index contributed by atoms with van der Waals surface area (Å²) < 4.78 is 36.5. The number of pyridine rings is 1. The van der Waals surface area contributed by atoms with Crippen molar-refractivity contribution in [2.24, 2.45) is 13.0 Å². The largest absolute Gasteiger partial charge is 0.491 e. The number of β-amino-alcohol motifs (C(OH)–C–C–N with tert-alkyl or cyclic N) is 1. The molecule has 2 saturated heterocycles. The minimum absolute atomic E-state index is 0.0431. The average Bonchev–Trinajstić information content (AvgIpc) is 4.17. The molecular weight excluding hydrogens is 1020 g/mol. The quantitative estimate of drug-likeness (QED) is 0.0532. The predicted molar refractivity (Wildman–Crippen MR) is 286 cm³/mol. The van der Waals surface area contributed by atoms with E-state index in [0.717, 1.165) is 34.5 Å². The number of piperidine rings is 1. The van der Waals surface area contributed by atoms with Crippen LogP contribution in [0.2, 0.25) is 5.02 Å². The zero-order valence-corrected chi connectivity index (χ0v) is 45.1. The van der Waals surface area contributed by atoms with Gasteiger partial charge in [0, 0.05) is 69.4 Å². The van der Waals surface area contributed by atoms with Crippen LogP contribution in [0, 0.1) is 19.8 Å². The number of fused-ring (bicyclic) bond motifs is 1. The van der Waals surface area contributed by atoms with Gasteiger partial charge in [0.25, 0.3) is 11.5 Å². The third kappa shape index (κ3) is 13.8. The predicted octanol–water partition coefficient (Wildman–Crippen LogP) is 5.69. The highest BCUT2D eigenvalue weighted by molar-refractivity contribution is 7.13. The zero-order valence-electron chi connectivity index (χ0n) is 43.5. The van der Waals surface area contributed by atoms with Crippen LogP contribution in [0.4, 0.5) is 17.5 Å². The Bertz CT molecular complexity index is 3030. The van der Waals surface area contributed by atoms with Gasteiger partial charge in [-0.3, -0.25) is 19.2 Å². The van der Waals surface area contributed by atoms with Crippen molar-refractivity contribution in [3.63, 3.8) is 0 Å². The topological polar surface area (TPSA) is 247 Å². The van der Waals surface area contributed by atoms with Crippen molar-refractivity contribution in [2.45, 2.75) is 77.7 Å². The number of nitrogens with one attached hydrogen (secondary N) is 3. The highest BCUT2D eigenvalue weighted by Gasteiger charge is 2.43. The molecule has 0 radical (unpaired) electrons. The van der Waals surface area contributed by atoms with Crippen molar-refractivity contribution in [3.05, 3.63) is 98.3 Å². The normalized spacial score (nSPS) is 16.3. The first-order valence-electron chi connectivity index (χ1n) is 25.3. The number of anilines is 3. The fourth-order valence-corrected chi connectivity index (χ4v) is 10.2. The molecule has 76 heavy (non-hydrogen) atoms. The number of ether oxygens (including phenoxy) is 5. The number of amides is 3. The van der Waals surface area contributed by atoms with Crippen LogP contribution in [-0.4, -0.2) is 144 Å². The number of aliphatic hydroxyl groups is 1. The van der Waals surface area contributed by atoms with Gasteiger partial charge in [0.2, 0.25) is 17.8 Å². The number of aryl methyl sites for hydroxylation is 3. The number of likely N-dealkylation sites (tertiary alicyclic amines) is 1. The van der Waals surface area contributed by atoms with E-state index in [0.29, 0.717) is 96.7 Å². The second-order valence-electron chi connectivity index (χ2n) is 19.0. The Morgan fingerprint density at radius 3 is 2.42 bits per heavy atom. The maximum absolute atomic E-state index is 13.9. The molecule has 0 spiro atoms. The van der Waals surface area contributed by atoms with Crippen molar-refractivity contribution in [1.82, 2.24) is 40.2 Å². The van der Waals surface area contributed by atoms with E-state index in [4.69, 9.17) is 44.8 Å². The number of likely N-dealkylation sites (N-methyl/N-ethyl adjacent to an activating group) is 1. The molecule has 6 aromatic rings. The molecule has 3 atom stereocenters. The van der Waals surface area contributed by atoms with Crippen LogP contribution in [-0.2, 0) is 42.2 Å². The molecule has 2 fully saturated rings. The smallest absolute Gasteiger partial charge is 0.293 e. The maximum Gasteiger partial charge on any atom is 0.293 e. The number of rotatable bonds is 24. The highest BCUT2D eigenvalue weighted by atomic mass is 35.5.